The lowest BCUT2D eigenvalue weighted by Crippen LogP contribution is -2.18. The number of hydrogen-bond donors (Lipinski definition) is 2. The van der Waals surface area contributed by atoms with Gasteiger partial charge in [0.25, 0.3) is 5.91 Å². The van der Waals surface area contributed by atoms with Crippen LogP contribution in [0, 0.1) is 0 Å². The van der Waals surface area contributed by atoms with Gasteiger partial charge in [-0.05, 0) is 31.2 Å². The smallest absolute Gasteiger partial charge is 0.252 e. The molecule has 2 rings (SSSR count). The van der Waals surface area contributed by atoms with Crippen LogP contribution < -0.4 is 10.6 Å². The van der Waals surface area contributed by atoms with Crippen molar-refractivity contribution in [3.63, 3.8) is 0 Å². The van der Waals surface area contributed by atoms with Crippen LogP contribution in [0.1, 0.15) is 23.0 Å². The average Bonchev–Trinajstić information content (AvgIpc) is 2.93. The number of nitrogens with one attached hydrogen (secondary N) is 2. The van der Waals surface area contributed by atoms with Gasteiger partial charge in [0.2, 0.25) is 0 Å². The lowest BCUT2D eigenvalue weighted by molar-refractivity contribution is 0.0963. The molecule has 1 aromatic heterocycles. The minimum atomic E-state index is -0.197. The van der Waals surface area contributed by atoms with E-state index in [1.54, 1.807) is 25.4 Å². The van der Waals surface area contributed by atoms with Crippen molar-refractivity contribution in [3.8, 4) is 0 Å². The molecule has 20 heavy (non-hydrogen) atoms. The molecular formula is C14H17ClN4O. The van der Waals surface area contributed by atoms with Crippen molar-refractivity contribution in [1.29, 1.82) is 0 Å². The molecule has 6 heteroatoms. The number of rotatable bonds is 5. The predicted octanol–water partition coefficient (Wildman–Crippen LogP) is 2.53. The summed E-state index contributed by atoms with van der Waals surface area (Å²) in [7, 11) is 1.58. The molecule has 0 saturated heterocycles. The normalized spacial score (nSPS) is 10.3. The maximum Gasteiger partial charge on any atom is 0.252 e. The van der Waals surface area contributed by atoms with Crippen molar-refractivity contribution < 1.29 is 4.79 Å². The number of aromatic nitrogens is 2. The zero-order chi connectivity index (χ0) is 14.5. The Bertz CT molecular complexity index is 609. The first kappa shape index (κ1) is 14.4. The molecule has 0 aliphatic carbocycles. The number of amides is 1. The summed E-state index contributed by atoms with van der Waals surface area (Å²) in [5.74, 6) is -0.197. The van der Waals surface area contributed by atoms with Crippen LogP contribution in [0.3, 0.4) is 0 Å². The lowest BCUT2D eigenvalue weighted by Gasteiger charge is -2.10. The Morgan fingerprint density at radius 3 is 2.90 bits per heavy atom. The zero-order valence-electron chi connectivity index (χ0n) is 11.5. The van der Waals surface area contributed by atoms with E-state index in [0.29, 0.717) is 17.1 Å². The SMILES string of the molecule is CCn1nccc1CNc1ccc(Cl)c(C(=O)NC)c1. The summed E-state index contributed by atoms with van der Waals surface area (Å²) in [6.45, 7) is 3.51. The highest BCUT2D eigenvalue weighted by molar-refractivity contribution is 6.34. The second-order valence-electron chi connectivity index (χ2n) is 4.27. The number of benzene rings is 1. The summed E-state index contributed by atoms with van der Waals surface area (Å²) in [6, 6.07) is 7.27. The van der Waals surface area contributed by atoms with Crippen LogP contribution in [0.4, 0.5) is 5.69 Å². The summed E-state index contributed by atoms with van der Waals surface area (Å²) in [4.78, 5) is 11.7. The number of hydrogen-bond acceptors (Lipinski definition) is 3. The van der Waals surface area contributed by atoms with Gasteiger partial charge in [-0.2, -0.15) is 5.10 Å². The number of aryl methyl sites for hydroxylation is 1. The first-order valence-corrected chi connectivity index (χ1v) is 6.79. The fourth-order valence-corrected chi connectivity index (χ4v) is 2.13. The summed E-state index contributed by atoms with van der Waals surface area (Å²) >= 11 is 6.01. The standard InChI is InChI=1S/C14H17ClN4O/c1-3-19-11(6-7-18-19)9-17-10-4-5-13(15)12(8-10)14(20)16-2/h4-8,17H,3,9H2,1-2H3,(H,16,20). The van der Waals surface area contributed by atoms with Crippen molar-refractivity contribution in [3.05, 3.63) is 46.7 Å². The van der Waals surface area contributed by atoms with Gasteiger partial charge < -0.3 is 10.6 Å². The Labute approximate surface area is 122 Å². The van der Waals surface area contributed by atoms with Crippen LogP contribution in [-0.2, 0) is 13.1 Å². The van der Waals surface area contributed by atoms with Gasteiger partial charge in [-0.25, -0.2) is 0 Å². The average molecular weight is 293 g/mol. The first-order chi connectivity index (χ1) is 9.65. The highest BCUT2D eigenvalue weighted by atomic mass is 35.5. The Kier molecular flexibility index (Phi) is 4.63. The second kappa shape index (κ2) is 6.43. The Morgan fingerprint density at radius 1 is 1.40 bits per heavy atom. The van der Waals surface area contributed by atoms with Gasteiger partial charge in [0.1, 0.15) is 0 Å². The van der Waals surface area contributed by atoms with E-state index in [0.717, 1.165) is 17.9 Å². The van der Waals surface area contributed by atoms with Crippen molar-refractivity contribution in [1.82, 2.24) is 15.1 Å². The van der Waals surface area contributed by atoms with Gasteiger partial charge in [0, 0.05) is 25.5 Å². The molecule has 2 aromatic rings. The van der Waals surface area contributed by atoms with Crippen LogP contribution in [-0.4, -0.2) is 22.7 Å². The number of halogens is 1. The molecule has 2 N–H and O–H groups in total. The van der Waals surface area contributed by atoms with E-state index >= 15 is 0 Å². The van der Waals surface area contributed by atoms with E-state index in [1.807, 2.05) is 23.7 Å². The quantitative estimate of drug-likeness (QED) is 0.890. The van der Waals surface area contributed by atoms with E-state index in [9.17, 15) is 4.79 Å². The van der Waals surface area contributed by atoms with E-state index in [4.69, 9.17) is 11.6 Å². The van der Waals surface area contributed by atoms with Crippen LogP contribution >= 0.6 is 11.6 Å². The zero-order valence-corrected chi connectivity index (χ0v) is 12.2. The molecule has 0 radical (unpaired) electrons. The summed E-state index contributed by atoms with van der Waals surface area (Å²) in [6.07, 6.45) is 1.78. The predicted molar refractivity (Wildman–Crippen MR) is 80.1 cm³/mol. The number of anilines is 1. The largest absolute Gasteiger partial charge is 0.379 e. The van der Waals surface area contributed by atoms with E-state index in [2.05, 4.69) is 15.7 Å². The highest BCUT2D eigenvalue weighted by Crippen LogP contribution is 2.21. The lowest BCUT2D eigenvalue weighted by atomic mass is 10.2. The molecule has 1 aromatic carbocycles. The van der Waals surface area contributed by atoms with Gasteiger partial charge in [-0.1, -0.05) is 11.6 Å². The van der Waals surface area contributed by atoms with Crippen LogP contribution in [0.5, 0.6) is 0 Å². The fourth-order valence-electron chi connectivity index (χ4n) is 1.93. The molecule has 0 unspecified atom stereocenters. The number of carbonyl (C=O) groups is 1. The molecule has 5 nitrogen and oxygen atoms in total. The molecule has 1 heterocycles. The molecule has 106 valence electrons. The molecule has 0 bridgehead atoms. The maximum absolute atomic E-state index is 11.7. The number of nitrogens with zero attached hydrogens (tertiary/aromatic N) is 2. The van der Waals surface area contributed by atoms with Gasteiger partial charge >= 0.3 is 0 Å². The number of carbonyl (C=O) groups excluding carboxylic acids is 1. The third-order valence-corrected chi connectivity index (χ3v) is 3.35. The van der Waals surface area contributed by atoms with E-state index < -0.39 is 0 Å². The van der Waals surface area contributed by atoms with E-state index in [-0.39, 0.29) is 5.91 Å². The Balaban J connectivity index is 2.12. The van der Waals surface area contributed by atoms with Gasteiger partial charge in [0.05, 0.1) is 22.8 Å². The van der Waals surface area contributed by atoms with Gasteiger partial charge in [-0.15, -0.1) is 0 Å². The van der Waals surface area contributed by atoms with Crippen LogP contribution in [0.2, 0.25) is 5.02 Å². The highest BCUT2D eigenvalue weighted by Gasteiger charge is 2.09. The first-order valence-electron chi connectivity index (χ1n) is 6.42. The monoisotopic (exact) mass is 292 g/mol. The van der Waals surface area contributed by atoms with Crippen molar-refractivity contribution in [2.45, 2.75) is 20.0 Å². The van der Waals surface area contributed by atoms with Gasteiger partial charge in [-0.3, -0.25) is 9.48 Å². The minimum absolute atomic E-state index is 0.197. The van der Waals surface area contributed by atoms with E-state index in [1.165, 1.54) is 0 Å². The van der Waals surface area contributed by atoms with Crippen LogP contribution in [0.15, 0.2) is 30.5 Å². The Morgan fingerprint density at radius 2 is 2.20 bits per heavy atom. The summed E-state index contributed by atoms with van der Waals surface area (Å²) in [5, 5.41) is 10.5. The third-order valence-electron chi connectivity index (χ3n) is 3.02. The molecule has 0 aliphatic heterocycles. The molecule has 0 aliphatic rings. The molecule has 0 saturated carbocycles. The minimum Gasteiger partial charge on any atom is -0.379 e. The summed E-state index contributed by atoms with van der Waals surface area (Å²) in [5.41, 5.74) is 2.39. The molecule has 0 fully saturated rings. The molecule has 0 atom stereocenters. The maximum atomic E-state index is 11.7. The summed E-state index contributed by atoms with van der Waals surface area (Å²) < 4.78 is 1.92. The van der Waals surface area contributed by atoms with Gasteiger partial charge in [0.15, 0.2) is 0 Å². The van der Waals surface area contributed by atoms with Crippen molar-refractivity contribution in [2.75, 3.05) is 12.4 Å². The molecular weight excluding hydrogens is 276 g/mol. The Hall–Kier alpha value is -2.01. The molecule has 1 amide bonds. The molecule has 0 spiro atoms. The third kappa shape index (κ3) is 3.11. The van der Waals surface area contributed by atoms with Crippen molar-refractivity contribution in [2.24, 2.45) is 0 Å². The second-order valence-corrected chi connectivity index (χ2v) is 4.67. The fraction of sp³-hybridized carbons (Fsp3) is 0.286. The van der Waals surface area contributed by atoms with Crippen molar-refractivity contribution >= 4 is 23.2 Å². The van der Waals surface area contributed by atoms with Crippen LogP contribution in [0.25, 0.3) is 0 Å². The topological polar surface area (TPSA) is 59.0 Å².